The summed E-state index contributed by atoms with van der Waals surface area (Å²) in [6.07, 6.45) is 3.00. The summed E-state index contributed by atoms with van der Waals surface area (Å²) >= 11 is 0. The molecule has 174 valence electrons. The van der Waals surface area contributed by atoms with Gasteiger partial charge in [0.1, 0.15) is 35.6 Å². The van der Waals surface area contributed by atoms with Gasteiger partial charge in [-0.2, -0.15) is 10.2 Å². The summed E-state index contributed by atoms with van der Waals surface area (Å²) in [6.45, 7) is 4.74. The van der Waals surface area contributed by atoms with Gasteiger partial charge in [0.2, 0.25) is 5.95 Å². The van der Waals surface area contributed by atoms with Gasteiger partial charge in [-0.1, -0.05) is 6.07 Å². The third kappa shape index (κ3) is 4.16. The van der Waals surface area contributed by atoms with E-state index in [0.29, 0.717) is 29.6 Å². The summed E-state index contributed by atoms with van der Waals surface area (Å²) < 4.78 is 12.4. The molecule has 34 heavy (non-hydrogen) atoms. The van der Waals surface area contributed by atoms with Crippen LogP contribution in [0.1, 0.15) is 28.7 Å². The van der Waals surface area contributed by atoms with Crippen molar-refractivity contribution >= 4 is 35.8 Å². The van der Waals surface area contributed by atoms with E-state index in [9.17, 15) is 14.9 Å². The Labute approximate surface area is 198 Å². The van der Waals surface area contributed by atoms with Crippen LogP contribution < -0.4 is 16.1 Å². The molecule has 0 saturated carbocycles. The quantitative estimate of drug-likeness (QED) is 0.477. The van der Waals surface area contributed by atoms with Crippen LogP contribution in [0.25, 0.3) is 0 Å². The summed E-state index contributed by atoms with van der Waals surface area (Å²) in [4.78, 5) is 15.4. The molecule has 0 amide bonds. The molecule has 0 fully saturated rings. The Morgan fingerprint density at radius 3 is 2.76 bits per heavy atom. The minimum absolute atomic E-state index is 0.268. The lowest BCUT2D eigenvalue weighted by Gasteiger charge is -2.36. The van der Waals surface area contributed by atoms with Crippen LogP contribution in [0, 0.1) is 11.3 Å². The summed E-state index contributed by atoms with van der Waals surface area (Å²) in [6, 6.07) is 11.4. The van der Waals surface area contributed by atoms with Crippen molar-refractivity contribution in [3.8, 4) is 6.07 Å². The molecule has 3 aromatic rings. The van der Waals surface area contributed by atoms with Gasteiger partial charge >= 0.3 is 0 Å². The Hall–Kier alpha value is -3.31. The number of hydrogen-bond donors (Lipinski definition) is 3. The van der Waals surface area contributed by atoms with E-state index in [-0.39, 0.29) is 5.56 Å². The number of nitrogens with zero attached hydrogens (tertiary/aromatic N) is 5. The number of aromatic nitrogens is 3. The van der Waals surface area contributed by atoms with E-state index in [4.69, 9.17) is 0 Å². The summed E-state index contributed by atoms with van der Waals surface area (Å²) in [5, 5.41) is 26.9. The van der Waals surface area contributed by atoms with Crippen molar-refractivity contribution in [3.05, 3.63) is 58.8 Å². The number of benzene rings is 1. The Balaban J connectivity index is 1.45. The van der Waals surface area contributed by atoms with Crippen molar-refractivity contribution in [3.63, 3.8) is 0 Å². The van der Waals surface area contributed by atoms with Crippen LogP contribution in [0.4, 0.5) is 23.3 Å². The number of hydrogen-bond acceptors (Lipinski definition) is 9. The molecule has 0 bridgehead atoms. The van der Waals surface area contributed by atoms with Crippen molar-refractivity contribution in [2.24, 2.45) is 0 Å². The summed E-state index contributed by atoms with van der Waals surface area (Å²) in [7, 11) is -0.517. The standard InChI is InChI=1S/C24H26N7O2P/c1-31-13-16-10-18(9-15-7-8-24(32,14-31)21(15)16)27-23-26-12-17(11-25)22(30-23)29-19-5-4-6-20(28-19)34(2,3)33/h4-6,9-10,12,32H,7-8,13-14H2,1-3H3,(H2,26,27,28,29,30)/t24-/m1/s1. The maximum absolute atomic E-state index is 12.4. The molecule has 1 aliphatic heterocycles. The average molecular weight is 475 g/mol. The average Bonchev–Trinajstić information content (AvgIpc) is 3.10. The third-order valence-corrected chi connectivity index (χ3v) is 7.60. The minimum Gasteiger partial charge on any atom is -0.384 e. The van der Waals surface area contributed by atoms with E-state index >= 15 is 0 Å². The molecule has 2 aliphatic rings. The van der Waals surface area contributed by atoms with Crippen LogP contribution in [0.3, 0.4) is 0 Å². The van der Waals surface area contributed by atoms with Gasteiger partial charge < -0.3 is 20.3 Å². The van der Waals surface area contributed by atoms with E-state index in [0.717, 1.165) is 41.8 Å². The predicted octanol–water partition coefficient (Wildman–Crippen LogP) is 3.06. The van der Waals surface area contributed by atoms with Crippen LogP contribution in [0.2, 0.25) is 0 Å². The molecule has 0 radical (unpaired) electrons. The van der Waals surface area contributed by atoms with Crippen LogP contribution in [0.15, 0.2) is 36.5 Å². The lowest BCUT2D eigenvalue weighted by atomic mass is 9.87. The van der Waals surface area contributed by atoms with Crippen molar-refractivity contribution < 1.29 is 9.67 Å². The molecule has 2 aromatic heterocycles. The molecule has 9 nitrogen and oxygen atoms in total. The second-order valence-corrected chi connectivity index (χ2v) is 12.6. The van der Waals surface area contributed by atoms with Crippen molar-refractivity contribution in [1.82, 2.24) is 19.9 Å². The molecule has 1 aromatic carbocycles. The smallest absolute Gasteiger partial charge is 0.229 e. The van der Waals surface area contributed by atoms with Crippen LogP contribution in [-0.4, -0.2) is 51.9 Å². The number of pyridine rings is 1. The molecule has 1 aliphatic carbocycles. The van der Waals surface area contributed by atoms with E-state index < -0.39 is 12.7 Å². The second kappa shape index (κ2) is 8.17. The number of aliphatic hydroxyl groups is 1. The molecule has 3 N–H and O–H groups in total. The number of nitrogens with one attached hydrogen (secondary N) is 2. The highest BCUT2D eigenvalue weighted by atomic mass is 31.2. The fraction of sp³-hybridized carbons (Fsp3) is 0.333. The maximum atomic E-state index is 12.4. The first-order valence-electron chi connectivity index (χ1n) is 11.1. The summed E-state index contributed by atoms with van der Waals surface area (Å²) in [5.74, 6) is 1.09. The molecule has 10 heteroatoms. The van der Waals surface area contributed by atoms with Crippen LogP contribution in [0.5, 0.6) is 0 Å². The molecule has 1 atom stereocenters. The van der Waals surface area contributed by atoms with Gasteiger partial charge in [-0.25, -0.2) is 9.97 Å². The van der Waals surface area contributed by atoms with Gasteiger partial charge in [-0.3, -0.25) is 4.90 Å². The maximum Gasteiger partial charge on any atom is 0.229 e. The Bertz CT molecular complexity index is 1380. The lowest BCUT2D eigenvalue weighted by Crippen LogP contribution is -2.42. The van der Waals surface area contributed by atoms with E-state index in [1.165, 1.54) is 6.20 Å². The van der Waals surface area contributed by atoms with E-state index in [1.54, 1.807) is 31.5 Å². The predicted molar refractivity (Wildman–Crippen MR) is 132 cm³/mol. The zero-order valence-corrected chi connectivity index (χ0v) is 20.2. The first-order valence-corrected chi connectivity index (χ1v) is 13.7. The fourth-order valence-corrected chi connectivity index (χ4v) is 5.63. The number of likely N-dealkylation sites (N-methyl/N-ethyl adjacent to an activating group) is 1. The Morgan fingerprint density at radius 1 is 1.21 bits per heavy atom. The fourth-order valence-electron chi connectivity index (χ4n) is 4.84. The third-order valence-electron chi connectivity index (χ3n) is 6.24. The number of aryl methyl sites for hydroxylation is 1. The van der Waals surface area contributed by atoms with Crippen molar-refractivity contribution in [2.45, 2.75) is 25.0 Å². The lowest BCUT2D eigenvalue weighted by molar-refractivity contribution is -0.00615. The van der Waals surface area contributed by atoms with Crippen LogP contribution in [-0.2, 0) is 23.1 Å². The molecule has 0 spiro atoms. The number of anilines is 4. The topological polar surface area (TPSA) is 127 Å². The molecule has 3 heterocycles. The highest BCUT2D eigenvalue weighted by Crippen LogP contribution is 2.44. The molecule has 0 saturated heterocycles. The van der Waals surface area contributed by atoms with Gasteiger partial charge in [-0.05, 0) is 74.2 Å². The van der Waals surface area contributed by atoms with E-state index in [1.807, 2.05) is 19.2 Å². The van der Waals surface area contributed by atoms with Crippen molar-refractivity contribution in [2.75, 3.05) is 37.6 Å². The molecular weight excluding hydrogens is 449 g/mol. The van der Waals surface area contributed by atoms with Gasteiger partial charge in [0.25, 0.3) is 0 Å². The van der Waals surface area contributed by atoms with Gasteiger partial charge in [0, 0.05) is 18.8 Å². The van der Waals surface area contributed by atoms with Crippen LogP contribution >= 0.6 is 7.14 Å². The Kier molecular flexibility index (Phi) is 5.40. The molecule has 5 rings (SSSR count). The minimum atomic E-state index is -2.53. The number of rotatable bonds is 5. The van der Waals surface area contributed by atoms with Crippen molar-refractivity contribution in [1.29, 1.82) is 5.26 Å². The van der Waals surface area contributed by atoms with Gasteiger partial charge in [-0.15, -0.1) is 0 Å². The highest BCUT2D eigenvalue weighted by molar-refractivity contribution is 7.69. The number of nitriles is 1. The molecule has 0 unspecified atom stereocenters. The van der Waals surface area contributed by atoms with Gasteiger partial charge in [0.15, 0.2) is 5.82 Å². The Morgan fingerprint density at radius 2 is 2.00 bits per heavy atom. The molecular formula is C24H26N7O2P. The first kappa shape index (κ1) is 22.5. The zero-order valence-electron chi connectivity index (χ0n) is 19.3. The largest absolute Gasteiger partial charge is 0.384 e. The highest BCUT2D eigenvalue weighted by Gasteiger charge is 2.42. The first-order chi connectivity index (χ1) is 16.1. The second-order valence-electron chi connectivity index (χ2n) is 9.42. The summed E-state index contributed by atoms with van der Waals surface area (Å²) in [5.41, 5.74) is 4.14. The zero-order chi connectivity index (χ0) is 24.1. The monoisotopic (exact) mass is 475 g/mol. The normalized spacial score (nSPS) is 19.4. The van der Waals surface area contributed by atoms with E-state index in [2.05, 4.69) is 36.6 Å². The number of β-amino-alcohol motifs (C(OH)–C–C–N with tert-alkyl or cyclic N) is 1. The SMILES string of the molecule is CN1Cc2cc(Nc3ncc(C#N)c(Nc4cccc(P(C)(C)=O)n4)n3)cc3c2[C@@](O)(CC3)C1. The van der Waals surface area contributed by atoms with Gasteiger partial charge in [0.05, 0.1) is 6.20 Å².